The van der Waals surface area contributed by atoms with Crippen LogP contribution in [0.2, 0.25) is 10.0 Å². The van der Waals surface area contributed by atoms with Crippen LogP contribution >= 0.6 is 23.2 Å². The standard InChI is InChI=1S/C27H23Cl2N5O6/c1-37-22-11-23(38-2)25(29)26(24(22)28)33-27-19(4-3-7-30-27)20-9-16(31-14-32-20)8-15-5-6-17(10-21(15)34(35)36)40-18-12-39-13-18/h3-7,9-11,14,18H,8,12-13H2,1-2H3,(H,30,33). The molecule has 2 aromatic carbocycles. The van der Waals surface area contributed by atoms with Gasteiger partial charge < -0.3 is 24.3 Å². The second-order valence-corrected chi connectivity index (χ2v) is 9.46. The van der Waals surface area contributed by atoms with Gasteiger partial charge in [-0.25, -0.2) is 15.0 Å². The summed E-state index contributed by atoms with van der Waals surface area (Å²) in [5.74, 6) is 1.57. The van der Waals surface area contributed by atoms with Crippen molar-refractivity contribution in [1.29, 1.82) is 0 Å². The Hall–Kier alpha value is -4.19. The molecule has 1 N–H and O–H groups in total. The minimum atomic E-state index is -0.430. The van der Waals surface area contributed by atoms with Crippen LogP contribution in [0.1, 0.15) is 11.3 Å². The molecule has 0 amide bonds. The fraction of sp³-hybridized carbons (Fsp3) is 0.222. The number of rotatable bonds is 10. The summed E-state index contributed by atoms with van der Waals surface area (Å²) in [5, 5.41) is 15.5. The number of halogens is 2. The second kappa shape index (κ2) is 11.9. The third-order valence-corrected chi connectivity index (χ3v) is 6.91. The number of nitro benzene ring substituents is 1. The first-order valence-corrected chi connectivity index (χ1v) is 12.8. The molecule has 2 aromatic heterocycles. The monoisotopic (exact) mass is 583 g/mol. The molecule has 0 bridgehead atoms. The molecule has 0 aliphatic carbocycles. The highest BCUT2D eigenvalue weighted by atomic mass is 35.5. The third-order valence-electron chi connectivity index (χ3n) is 6.16. The number of hydrogen-bond donors (Lipinski definition) is 1. The number of aromatic nitrogens is 3. The van der Waals surface area contributed by atoms with Crippen LogP contribution in [-0.2, 0) is 11.2 Å². The number of nitro groups is 1. The van der Waals surface area contributed by atoms with Gasteiger partial charge in [0.2, 0.25) is 0 Å². The largest absolute Gasteiger partial charge is 0.495 e. The minimum Gasteiger partial charge on any atom is -0.495 e. The first-order valence-electron chi connectivity index (χ1n) is 12.0. The van der Waals surface area contributed by atoms with Crippen LogP contribution in [0.5, 0.6) is 17.2 Å². The quantitative estimate of drug-likeness (QED) is 0.178. The number of nitrogens with one attached hydrogen (secondary N) is 1. The summed E-state index contributed by atoms with van der Waals surface area (Å²) in [6, 6.07) is 11.7. The molecule has 1 saturated heterocycles. The summed E-state index contributed by atoms with van der Waals surface area (Å²) in [6.07, 6.45) is 3.11. The summed E-state index contributed by atoms with van der Waals surface area (Å²) in [6.45, 7) is 0.933. The zero-order valence-electron chi connectivity index (χ0n) is 21.4. The lowest BCUT2D eigenvalue weighted by Gasteiger charge is -2.26. The van der Waals surface area contributed by atoms with Gasteiger partial charge >= 0.3 is 0 Å². The number of methoxy groups -OCH3 is 2. The van der Waals surface area contributed by atoms with Crippen molar-refractivity contribution in [3.05, 3.63) is 86.4 Å². The van der Waals surface area contributed by atoms with Gasteiger partial charge in [-0.05, 0) is 30.3 Å². The number of pyridine rings is 1. The van der Waals surface area contributed by atoms with Gasteiger partial charge in [0.05, 0.1) is 49.8 Å². The lowest BCUT2D eigenvalue weighted by Crippen LogP contribution is -2.38. The Balaban J connectivity index is 1.45. The van der Waals surface area contributed by atoms with Crippen LogP contribution in [0.4, 0.5) is 17.2 Å². The van der Waals surface area contributed by atoms with Crippen molar-refractivity contribution in [2.75, 3.05) is 32.8 Å². The van der Waals surface area contributed by atoms with E-state index in [9.17, 15) is 10.1 Å². The van der Waals surface area contributed by atoms with Crippen LogP contribution in [0.15, 0.2) is 55.0 Å². The second-order valence-electron chi connectivity index (χ2n) is 8.70. The van der Waals surface area contributed by atoms with E-state index >= 15 is 0 Å². The molecular weight excluding hydrogens is 561 g/mol. The summed E-state index contributed by atoms with van der Waals surface area (Å²) in [7, 11) is 2.97. The molecule has 11 nitrogen and oxygen atoms in total. The zero-order valence-corrected chi connectivity index (χ0v) is 22.9. The molecule has 206 valence electrons. The van der Waals surface area contributed by atoms with E-state index in [4.69, 9.17) is 42.1 Å². The zero-order chi connectivity index (χ0) is 28.2. The lowest BCUT2D eigenvalue weighted by molar-refractivity contribution is -0.385. The molecule has 1 aliphatic rings. The fourth-order valence-corrected chi connectivity index (χ4v) is 4.67. The van der Waals surface area contributed by atoms with E-state index in [1.165, 1.54) is 26.6 Å². The van der Waals surface area contributed by atoms with Gasteiger partial charge in [0.15, 0.2) is 0 Å². The molecule has 0 spiro atoms. The van der Waals surface area contributed by atoms with Crippen molar-refractivity contribution in [3.63, 3.8) is 0 Å². The molecule has 3 heterocycles. The van der Waals surface area contributed by atoms with Gasteiger partial charge in [-0.3, -0.25) is 10.1 Å². The Bertz CT molecular complexity index is 1540. The van der Waals surface area contributed by atoms with Gasteiger partial charge in [0.1, 0.15) is 45.5 Å². The molecule has 13 heteroatoms. The van der Waals surface area contributed by atoms with Gasteiger partial charge in [0, 0.05) is 35.5 Å². The van der Waals surface area contributed by atoms with Crippen LogP contribution in [0.25, 0.3) is 11.3 Å². The molecule has 0 saturated carbocycles. The first-order chi connectivity index (χ1) is 19.4. The number of nitrogens with zero attached hydrogens (tertiary/aromatic N) is 4. The van der Waals surface area contributed by atoms with Crippen molar-refractivity contribution < 1.29 is 23.9 Å². The van der Waals surface area contributed by atoms with Crippen LogP contribution in [0.3, 0.4) is 0 Å². The number of hydrogen-bond acceptors (Lipinski definition) is 10. The van der Waals surface area contributed by atoms with E-state index in [-0.39, 0.29) is 28.3 Å². The Labute approximate surface area is 239 Å². The van der Waals surface area contributed by atoms with Crippen LogP contribution < -0.4 is 19.5 Å². The highest BCUT2D eigenvalue weighted by molar-refractivity contribution is 6.41. The average molecular weight is 584 g/mol. The van der Waals surface area contributed by atoms with Gasteiger partial charge in [-0.1, -0.05) is 23.2 Å². The summed E-state index contributed by atoms with van der Waals surface area (Å²) in [5.41, 5.74) is 2.51. The normalized spacial score (nSPS) is 12.9. The highest BCUT2D eigenvalue weighted by Crippen LogP contribution is 2.45. The average Bonchev–Trinajstić information content (AvgIpc) is 2.94. The summed E-state index contributed by atoms with van der Waals surface area (Å²) in [4.78, 5) is 24.6. The van der Waals surface area contributed by atoms with Crippen LogP contribution in [-0.4, -0.2) is 53.4 Å². The number of ether oxygens (including phenoxy) is 4. The van der Waals surface area contributed by atoms with E-state index in [2.05, 4.69) is 20.3 Å². The molecule has 0 unspecified atom stereocenters. The predicted octanol–water partition coefficient (Wildman–Crippen LogP) is 5.88. The predicted molar refractivity (Wildman–Crippen MR) is 149 cm³/mol. The van der Waals surface area contributed by atoms with Crippen molar-refractivity contribution in [3.8, 4) is 28.5 Å². The molecular formula is C27H23Cl2N5O6. The molecule has 0 atom stereocenters. The van der Waals surface area contributed by atoms with E-state index < -0.39 is 4.92 Å². The Kier molecular flexibility index (Phi) is 8.15. The smallest absolute Gasteiger partial charge is 0.276 e. The fourth-order valence-electron chi connectivity index (χ4n) is 4.07. The van der Waals surface area contributed by atoms with Crippen molar-refractivity contribution >= 4 is 40.4 Å². The highest BCUT2D eigenvalue weighted by Gasteiger charge is 2.23. The van der Waals surface area contributed by atoms with Gasteiger partial charge in [-0.2, -0.15) is 0 Å². The van der Waals surface area contributed by atoms with Gasteiger partial charge in [-0.15, -0.1) is 0 Å². The lowest BCUT2D eigenvalue weighted by atomic mass is 10.0. The Morgan fingerprint density at radius 1 is 1.05 bits per heavy atom. The molecule has 5 rings (SSSR count). The first kappa shape index (κ1) is 27.4. The van der Waals surface area contributed by atoms with Crippen molar-refractivity contribution in [1.82, 2.24) is 15.0 Å². The topological polar surface area (TPSA) is 131 Å². The molecule has 4 aromatic rings. The van der Waals surface area contributed by atoms with E-state index in [0.717, 1.165) is 0 Å². The number of benzene rings is 2. The Morgan fingerprint density at radius 2 is 1.80 bits per heavy atom. The van der Waals surface area contributed by atoms with E-state index in [0.29, 0.717) is 64.5 Å². The van der Waals surface area contributed by atoms with Gasteiger partial charge in [0.25, 0.3) is 5.69 Å². The SMILES string of the molecule is COc1cc(OC)c(Cl)c(Nc2ncccc2-c2cc(Cc3ccc(OC4COC4)cc3[N+](=O)[O-])ncn2)c1Cl. The third kappa shape index (κ3) is 5.71. The molecule has 1 fully saturated rings. The van der Waals surface area contributed by atoms with E-state index in [1.54, 1.807) is 36.5 Å². The summed E-state index contributed by atoms with van der Waals surface area (Å²) >= 11 is 13.1. The van der Waals surface area contributed by atoms with Crippen molar-refractivity contribution in [2.24, 2.45) is 0 Å². The maximum absolute atomic E-state index is 11.8. The van der Waals surface area contributed by atoms with Crippen LogP contribution in [0, 0.1) is 10.1 Å². The maximum atomic E-state index is 11.8. The maximum Gasteiger partial charge on any atom is 0.276 e. The number of anilines is 2. The minimum absolute atomic E-state index is 0.0575. The van der Waals surface area contributed by atoms with Crippen molar-refractivity contribution in [2.45, 2.75) is 12.5 Å². The molecule has 40 heavy (non-hydrogen) atoms. The molecule has 1 aliphatic heterocycles. The molecule has 0 radical (unpaired) electrons. The summed E-state index contributed by atoms with van der Waals surface area (Å²) < 4.78 is 21.5. The van der Waals surface area contributed by atoms with E-state index in [1.807, 2.05) is 6.07 Å². The Morgan fingerprint density at radius 3 is 2.45 bits per heavy atom.